The number of anilines is 1. The number of aromatic hydroxyl groups is 1. The number of nitrogens with one attached hydrogen (secondary N) is 1. The molecule has 4 aliphatic rings. The van der Waals surface area contributed by atoms with E-state index in [1.165, 1.54) is 0 Å². The first kappa shape index (κ1) is 26.7. The number of benzene rings is 2. The largest absolute Gasteiger partial charge is 0.508 e. The van der Waals surface area contributed by atoms with Crippen molar-refractivity contribution in [3.8, 4) is 5.75 Å². The summed E-state index contributed by atoms with van der Waals surface area (Å²) in [4.78, 5) is 52.5. The average Bonchev–Trinajstić information content (AvgIpc) is 3.31. The van der Waals surface area contributed by atoms with Crippen LogP contribution in [0.1, 0.15) is 35.1 Å². The average molecular weight is 564 g/mol. The molecule has 2 aromatic rings. The van der Waals surface area contributed by atoms with Gasteiger partial charge in [0.1, 0.15) is 22.9 Å². The predicted molar refractivity (Wildman–Crippen MR) is 141 cm³/mol. The molecule has 12 heteroatoms. The lowest BCUT2D eigenvalue weighted by Crippen LogP contribution is -2.58. The molecule has 212 valence electrons. The van der Waals surface area contributed by atoms with Crippen molar-refractivity contribution in [2.45, 2.75) is 38.0 Å². The molecular formula is C29H26FN3O8. The Kier molecular flexibility index (Phi) is 6.01. The molecular weight excluding hydrogens is 537 g/mol. The number of aliphatic hydroxyl groups is 3. The first-order chi connectivity index (χ1) is 19.4. The topological polar surface area (TPSA) is 190 Å². The highest BCUT2D eigenvalue weighted by atomic mass is 19.1. The number of nitrogens with zero attached hydrogens (tertiary/aromatic N) is 1. The van der Waals surface area contributed by atoms with Crippen molar-refractivity contribution in [2.24, 2.45) is 17.6 Å². The quantitative estimate of drug-likeness (QED) is 0.236. The number of halogens is 1. The van der Waals surface area contributed by atoms with E-state index >= 15 is 4.39 Å². The number of carbonyl (C=O) groups is 4. The fraction of sp³-hybridized carbons (Fsp3) is 0.310. The van der Waals surface area contributed by atoms with Crippen LogP contribution >= 0.6 is 0 Å². The number of ketones is 2. The van der Waals surface area contributed by atoms with Gasteiger partial charge in [0.2, 0.25) is 11.7 Å². The van der Waals surface area contributed by atoms with E-state index in [9.17, 15) is 39.6 Å². The number of aliphatic hydroxyl groups excluding tert-OH is 2. The molecule has 2 aromatic carbocycles. The summed E-state index contributed by atoms with van der Waals surface area (Å²) in [5.41, 5.74) is 2.48. The Hall–Kier alpha value is -4.55. The molecule has 0 bridgehead atoms. The number of carbonyl (C=O) groups excluding carboxylic acids is 4. The molecule has 6 rings (SSSR count). The maximum atomic E-state index is 15.4. The smallest absolute Gasteiger partial charge is 0.255 e. The number of hydrogen-bond donors (Lipinski definition) is 6. The molecule has 41 heavy (non-hydrogen) atoms. The van der Waals surface area contributed by atoms with Gasteiger partial charge in [0.25, 0.3) is 5.91 Å². The van der Waals surface area contributed by atoms with Crippen molar-refractivity contribution >= 4 is 34.8 Å². The van der Waals surface area contributed by atoms with Gasteiger partial charge in [-0.2, -0.15) is 0 Å². The molecule has 1 heterocycles. The van der Waals surface area contributed by atoms with Crippen LogP contribution in [0.25, 0.3) is 5.76 Å². The van der Waals surface area contributed by atoms with E-state index < -0.39 is 87.0 Å². The number of rotatable bonds is 4. The van der Waals surface area contributed by atoms with Gasteiger partial charge in [-0.1, -0.05) is 24.3 Å². The second kappa shape index (κ2) is 9.25. The summed E-state index contributed by atoms with van der Waals surface area (Å²) in [7, 11) is 0. The van der Waals surface area contributed by atoms with Gasteiger partial charge in [-0.05, 0) is 29.9 Å². The number of Topliss-reactive ketones (excluding diaryl/α,β-unsaturated/α-hetero) is 2. The lowest BCUT2D eigenvalue weighted by Gasteiger charge is -2.46. The van der Waals surface area contributed by atoms with Crippen LogP contribution in [0.15, 0.2) is 47.2 Å². The zero-order chi connectivity index (χ0) is 29.4. The molecule has 0 spiro atoms. The van der Waals surface area contributed by atoms with Crippen molar-refractivity contribution < 1.29 is 44.0 Å². The molecule has 7 N–H and O–H groups in total. The second-order valence-corrected chi connectivity index (χ2v) is 11.0. The highest BCUT2D eigenvalue weighted by Gasteiger charge is 2.60. The SMILES string of the molecule is NC(=O)C1=C(O)[C@@]2(O)C(=O)C3=C(O)c4c(O)c(NC(=O)CN5Cc6ccccc6C5)cc(F)c4CC3C[C@H]2CC1=O. The van der Waals surface area contributed by atoms with Gasteiger partial charge in [-0.15, -0.1) is 0 Å². The highest BCUT2D eigenvalue weighted by molar-refractivity contribution is 6.22. The first-order valence-corrected chi connectivity index (χ1v) is 13.0. The number of hydrogen-bond acceptors (Lipinski definition) is 9. The number of phenolic OH excluding ortho intramolecular Hbond substituents is 1. The van der Waals surface area contributed by atoms with Crippen LogP contribution in [0.5, 0.6) is 5.75 Å². The molecule has 0 radical (unpaired) electrons. The lowest BCUT2D eigenvalue weighted by molar-refractivity contribution is -0.147. The highest BCUT2D eigenvalue weighted by Crippen LogP contribution is 2.53. The summed E-state index contributed by atoms with van der Waals surface area (Å²) in [5, 5.41) is 46.6. The minimum absolute atomic E-state index is 0.0542. The van der Waals surface area contributed by atoms with Crippen LogP contribution in [-0.2, 0) is 38.7 Å². The van der Waals surface area contributed by atoms with Gasteiger partial charge < -0.3 is 31.5 Å². The van der Waals surface area contributed by atoms with E-state index in [-0.39, 0.29) is 30.6 Å². The molecule has 3 aliphatic carbocycles. The monoisotopic (exact) mass is 563 g/mol. The Morgan fingerprint density at radius 3 is 2.39 bits per heavy atom. The summed E-state index contributed by atoms with van der Waals surface area (Å²) in [5.74, 6) is -9.45. The van der Waals surface area contributed by atoms with Crippen molar-refractivity contribution in [1.29, 1.82) is 0 Å². The van der Waals surface area contributed by atoms with Crippen LogP contribution in [0.3, 0.4) is 0 Å². The lowest BCUT2D eigenvalue weighted by atomic mass is 9.59. The van der Waals surface area contributed by atoms with Crippen LogP contribution in [0, 0.1) is 17.7 Å². The third kappa shape index (κ3) is 3.93. The summed E-state index contributed by atoms with van der Waals surface area (Å²) >= 11 is 0. The third-order valence-corrected chi connectivity index (χ3v) is 8.56. The summed E-state index contributed by atoms with van der Waals surface area (Å²) < 4.78 is 15.4. The first-order valence-electron chi connectivity index (χ1n) is 13.0. The number of primary amides is 1. The molecule has 0 aromatic heterocycles. The van der Waals surface area contributed by atoms with Crippen LogP contribution in [0.4, 0.5) is 10.1 Å². The minimum Gasteiger partial charge on any atom is -0.508 e. The minimum atomic E-state index is -2.72. The van der Waals surface area contributed by atoms with Gasteiger partial charge in [-0.25, -0.2) is 4.39 Å². The van der Waals surface area contributed by atoms with E-state index in [0.29, 0.717) is 13.1 Å². The van der Waals surface area contributed by atoms with Gasteiger partial charge in [0.05, 0.1) is 17.8 Å². The zero-order valence-corrected chi connectivity index (χ0v) is 21.6. The van der Waals surface area contributed by atoms with Gasteiger partial charge >= 0.3 is 0 Å². The van der Waals surface area contributed by atoms with Gasteiger partial charge in [-0.3, -0.25) is 24.1 Å². The van der Waals surface area contributed by atoms with Crippen molar-refractivity contribution in [2.75, 3.05) is 11.9 Å². The van der Waals surface area contributed by atoms with E-state index in [1.807, 2.05) is 29.2 Å². The van der Waals surface area contributed by atoms with Gasteiger partial charge in [0.15, 0.2) is 17.1 Å². The van der Waals surface area contributed by atoms with Crippen LogP contribution in [0.2, 0.25) is 0 Å². The Morgan fingerprint density at radius 1 is 1.10 bits per heavy atom. The molecule has 1 fully saturated rings. The number of phenols is 1. The molecule has 1 saturated carbocycles. The maximum Gasteiger partial charge on any atom is 0.255 e. The van der Waals surface area contributed by atoms with Crippen molar-refractivity contribution in [1.82, 2.24) is 4.90 Å². The van der Waals surface area contributed by atoms with E-state index in [4.69, 9.17) is 5.73 Å². The van der Waals surface area contributed by atoms with Crippen LogP contribution in [-0.4, -0.2) is 60.9 Å². The zero-order valence-electron chi connectivity index (χ0n) is 21.6. The fourth-order valence-corrected chi connectivity index (χ4v) is 6.65. The van der Waals surface area contributed by atoms with E-state index in [0.717, 1.165) is 17.2 Å². The maximum absolute atomic E-state index is 15.4. The van der Waals surface area contributed by atoms with E-state index in [1.54, 1.807) is 0 Å². The Bertz CT molecular complexity index is 1620. The van der Waals surface area contributed by atoms with Crippen molar-refractivity contribution in [3.63, 3.8) is 0 Å². The molecule has 2 amide bonds. The predicted octanol–water partition coefficient (Wildman–Crippen LogP) is 1.52. The number of nitrogens with two attached hydrogens (primary N) is 1. The summed E-state index contributed by atoms with van der Waals surface area (Å²) in [6, 6.07) is 8.66. The van der Waals surface area contributed by atoms with Crippen LogP contribution < -0.4 is 11.1 Å². The van der Waals surface area contributed by atoms with Gasteiger partial charge in [0, 0.05) is 42.6 Å². The Morgan fingerprint density at radius 2 is 1.76 bits per heavy atom. The molecule has 1 unspecified atom stereocenters. The second-order valence-electron chi connectivity index (χ2n) is 11.0. The molecule has 3 atom stereocenters. The standard InChI is InChI=1S/C29H26FN3O8/c30-17-8-18(32-20(35)11-33-9-12-3-1-2-4-13(12)10-33)24(36)22-16(17)6-14-5-15-7-19(34)23(28(31)40)27(39)29(15,41)26(38)21(14)25(22)37/h1-4,8,14-15,36-37,39,41H,5-7,9-11H2,(H2,31,40)(H,32,35)/t14?,15-,29-/m0/s1. The third-order valence-electron chi connectivity index (χ3n) is 8.56. The summed E-state index contributed by atoms with van der Waals surface area (Å²) in [6.45, 7) is 1.03. The molecule has 11 nitrogen and oxygen atoms in total. The summed E-state index contributed by atoms with van der Waals surface area (Å²) in [6.07, 6.45) is -0.753. The number of amides is 2. The fourth-order valence-electron chi connectivity index (χ4n) is 6.65. The van der Waals surface area contributed by atoms with E-state index in [2.05, 4.69) is 5.32 Å². The molecule has 0 saturated heterocycles. The normalized spacial score (nSPS) is 25.4. The Labute approximate surface area is 232 Å². The number of fused-ring (bicyclic) bond motifs is 4. The Balaban J connectivity index is 1.33. The van der Waals surface area contributed by atoms with Crippen molar-refractivity contribution in [3.05, 3.63) is 75.3 Å². The molecule has 1 aliphatic heterocycles.